The van der Waals surface area contributed by atoms with Crippen molar-refractivity contribution in [1.82, 2.24) is 9.97 Å². The molecule has 166 valence electrons. The van der Waals surface area contributed by atoms with Gasteiger partial charge < -0.3 is 22.1 Å². The Morgan fingerprint density at radius 1 is 1.22 bits per heavy atom. The van der Waals surface area contributed by atoms with Gasteiger partial charge in [0.15, 0.2) is 11.6 Å². The second kappa shape index (κ2) is 8.71. The number of fused-ring (bicyclic) bond motifs is 1. The van der Waals surface area contributed by atoms with Gasteiger partial charge in [-0.3, -0.25) is 14.9 Å². The first kappa shape index (κ1) is 21.4. The molecule has 2 atom stereocenters. The summed E-state index contributed by atoms with van der Waals surface area (Å²) in [6, 6.07) is 6.96. The summed E-state index contributed by atoms with van der Waals surface area (Å²) in [6.07, 6.45) is 4.99. The Kier molecular flexibility index (Phi) is 5.82. The van der Waals surface area contributed by atoms with E-state index in [4.69, 9.17) is 11.5 Å². The topological polar surface area (TPSA) is 162 Å². The standard InChI is InChI=1S/C21H22FN7O3/c22-14-9-13(19(24)30)20(28-21(14)27-16-6-2-1-5-15(16)23)26-12-8-11-4-3-7-17(29(31)32)18(11)25-10-12/h3-4,7-10,15-16H,1-2,5-6,23H2,(H2,24,30)(H2,26,27,28)/t15-,16+/m0/s1. The number of nitro benzene ring substituents is 1. The van der Waals surface area contributed by atoms with Crippen LogP contribution in [0.2, 0.25) is 0 Å². The summed E-state index contributed by atoms with van der Waals surface area (Å²) in [5, 5.41) is 17.7. The number of rotatable bonds is 6. The number of nitrogens with zero attached hydrogens (tertiary/aromatic N) is 3. The number of hydrogen-bond acceptors (Lipinski definition) is 8. The number of aromatic nitrogens is 2. The minimum absolute atomic E-state index is 0.0377. The van der Waals surface area contributed by atoms with Crippen LogP contribution in [0.3, 0.4) is 0 Å². The highest BCUT2D eigenvalue weighted by Crippen LogP contribution is 2.29. The average Bonchev–Trinajstić information content (AvgIpc) is 2.76. The summed E-state index contributed by atoms with van der Waals surface area (Å²) >= 11 is 0. The first-order chi connectivity index (χ1) is 15.3. The Bertz CT molecular complexity index is 1200. The maximum absolute atomic E-state index is 14.7. The van der Waals surface area contributed by atoms with Crippen LogP contribution < -0.4 is 22.1 Å². The number of hydrogen-bond donors (Lipinski definition) is 4. The van der Waals surface area contributed by atoms with Crippen molar-refractivity contribution in [1.29, 1.82) is 0 Å². The Hall–Kier alpha value is -3.86. The highest BCUT2D eigenvalue weighted by molar-refractivity contribution is 5.99. The quantitative estimate of drug-likeness (QED) is 0.336. The van der Waals surface area contributed by atoms with Crippen molar-refractivity contribution >= 4 is 39.8 Å². The van der Waals surface area contributed by atoms with Crippen LogP contribution in [0.1, 0.15) is 36.0 Å². The number of pyridine rings is 2. The van der Waals surface area contributed by atoms with Crippen molar-refractivity contribution in [3.05, 3.63) is 58.0 Å². The molecule has 2 heterocycles. The molecule has 4 rings (SSSR count). The van der Waals surface area contributed by atoms with E-state index in [1.54, 1.807) is 18.2 Å². The molecule has 0 radical (unpaired) electrons. The number of non-ortho nitro benzene ring substituents is 1. The van der Waals surface area contributed by atoms with Gasteiger partial charge in [0.1, 0.15) is 11.3 Å². The smallest absolute Gasteiger partial charge is 0.295 e. The molecule has 1 saturated carbocycles. The Balaban J connectivity index is 1.69. The zero-order chi connectivity index (χ0) is 22.8. The third kappa shape index (κ3) is 4.28. The van der Waals surface area contributed by atoms with Crippen LogP contribution in [0, 0.1) is 15.9 Å². The number of nitrogens with two attached hydrogens (primary N) is 2. The predicted octanol–water partition coefficient (Wildman–Crippen LogP) is 3.20. The van der Waals surface area contributed by atoms with E-state index in [0.29, 0.717) is 11.1 Å². The molecule has 2 aromatic heterocycles. The number of primary amides is 1. The number of benzene rings is 1. The minimum atomic E-state index is -0.857. The average molecular weight is 439 g/mol. The van der Waals surface area contributed by atoms with Crippen LogP contribution in [0.25, 0.3) is 10.9 Å². The summed E-state index contributed by atoms with van der Waals surface area (Å²) in [7, 11) is 0. The molecule has 0 saturated heterocycles. The van der Waals surface area contributed by atoms with Crippen LogP contribution >= 0.6 is 0 Å². The summed E-state index contributed by atoms with van der Waals surface area (Å²) in [5.74, 6) is -1.57. The maximum atomic E-state index is 14.7. The molecular weight excluding hydrogens is 417 g/mol. The van der Waals surface area contributed by atoms with Gasteiger partial charge >= 0.3 is 0 Å². The summed E-state index contributed by atoms with van der Waals surface area (Å²) in [6.45, 7) is 0. The molecule has 1 fully saturated rings. The normalized spacial score (nSPS) is 18.3. The van der Waals surface area contributed by atoms with Gasteiger partial charge in [-0.2, -0.15) is 0 Å². The Morgan fingerprint density at radius 2 is 2.00 bits per heavy atom. The number of anilines is 3. The van der Waals surface area contributed by atoms with Crippen molar-refractivity contribution in [3.8, 4) is 0 Å². The van der Waals surface area contributed by atoms with Crippen LogP contribution in [0.5, 0.6) is 0 Å². The Labute approximate surface area is 182 Å². The van der Waals surface area contributed by atoms with Crippen molar-refractivity contribution in [3.63, 3.8) is 0 Å². The van der Waals surface area contributed by atoms with E-state index in [0.717, 1.165) is 31.7 Å². The van der Waals surface area contributed by atoms with Crippen molar-refractivity contribution in [2.75, 3.05) is 10.6 Å². The summed E-state index contributed by atoms with van der Waals surface area (Å²) in [4.78, 5) is 31.0. The largest absolute Gasteiger partial charge is 0.365 e. The third-order valence-electron chi connectivity index (χ3n) is 5.53. The second-order valence-corrected chi connectivity index (χ2v) is 7.73. The van der Waals surface area contributed by atoms with Crippen LogP contribution in [0.15, 0.2) is 36.5 Å². The number of nitrogens with one attached hydrogen (secondary N) is 2. The van der Waals surface area contributed by atoms with E-state index in [9.17, 15) is 19.3 Å². The first-order valence-corrected chi connectivity index (χ1v) is 10.2. The lowest BCUT2D eigenvalue weighted by Crippen LogP contribution is -2.43. The fraction of sp³-hybridized carbons (Fsp3) is 0.286. The van der Waals surface area contributed by atoms with E-state index in [1.807, 2.05) is 0 Å². The van der Waals surface area contributed by atoms with E-state index in [2.05, 4.69) is 20.6 Å². The Morgan fingerprint density at radius 3 is 2.72 bits per heavy atom. The van der Waals surface area contributed by atoms with Crippen molar-refractivity contribution in [2.24, 2.45) is 11.5 Å². The molecular formula is C21H22FN7O3. The van der Waals surface area contributed by atoms with Gasteiger partial charge in [-0.25, -0.2) is 14.4 Å². The molecule has 11 heteroatoms. The maximum Gasteiger partial charge on any atom is 0.295 e. The minimum Gasteiger partial charge on any atom is -0.365 e. The number of carbonyl (C=O) groups excluding carboxylic acids is 1. The molecule has 32 heavy (non-hydrogen) atoms. The highest BCUT2D eigenvalue weighted by Gasteiger charge is 2.24. The fourth-order valence-electron chi connectivity index (χ4n) is 3.88. The fourth-order valence-corrected chi connectivity index (χ4v) is 3.88. The van der Waals surface area contributed by atoms with E-state index in [1.165, 1.54) is 12.3 Å². The number of halogens is 1. The predicted molar refractivity (Wildman–Crippen MR) is 118 cm³/mol. The molecule has 10 nitrogen and oxygen atoms in total. The van der Waals surface area contributed by atoms with Gasteiger partial charge in [0.05, 0.1) is 22.4 Å². The molecule has 3 aromatic rings. The van der Waals surface area contributed by atoms with Gasteiger partial charge in [-0.1, -0.05) is 25.0 Å². The first-order valence-electron chi connectivity index (χ1n) is 10.2. The molecule has 6 N–H and O–H groups in total. The lowest BCUT2D eigenvalue weighted by molar-refractivity contribution is -0.383. The molecule has 0 bridgehead atoms. The van der Waals surface area contributed by atoms with E-state index >= 15 is 0 Å². The van der Waals surface area contributed by atoms with E-state index < -0.39 is 16.6 Å². The molecule has 1 aliphatic rings. The summed E-state index contributed by atoms with van der Waals surface area (Å²) < 4.78 is 14.7. The lowest BCUT2D eigenvalue weighted by Gasteiger charge is -2.30. The van der Waals surface area contributed by atoms with Gasteiger partial charge in [0, 0.05) is 23.5 Å². The van der Waals surface area contributed by atoms with Gasteiger partial charge in [0.25, 0.3) is 11.6 Å². The summed E-state index contributed by atoms with van der Waals surface area (Å²) in [5.41, 5.74) is 11.9. The van der Waals surface area contributed by atoms with Crippen molar-refractivity contribution < 1.29 is 14.1 Å². The number of amides is 1. The zero-order valence-corrected chi connectivity index (χ0v) is 17.0. The number of carbonyl (C=O) groups is 1. The monoisotopic (exact) mass is 439 g/mol. The third-order valence-corrected chi connectivity index (χ3v) is 5.53. The van der Waals surface area contributed by atoms with Gasteiger partial charge in [-0.05, 0) is 25.0 Å². The molecule has 0 spiro atoms. The molecule has 0 aliphatic heterocycles. The van der Waals surface area contributed by atoms with Crippen LogP contribution in [-0.4, -0.2) is 32.9 Å². The lowest BCUT2D eigenvalue weighted by atomic mass is 9.91. The molecule has 0 unspecified atom stereocenters. The molecule has 1 aromatic carbocycles. The highest BCUT2D eigenvalue weighted by atomic mass is 19.1. The van der Waals surface area contributed by atoms with Crippen LogP contribution in [-0.2, 0) is 0 Å². The number of nitro groups is 1. The molecule has 1 aliphatic carbocycles. The SMILES string of the molecule is NC(=O)c1cc(F)c(N[C@@H]2CCCC[C@@H]2N)nc1Nc1cnc2c([N+](=O)[O-])cccc2c1. The van der Waals surface area contributed by atoms with Gasteiger partial charge in [0.2, 0.25) is 0 Å². The molecule has 1 amide bonds. The van der Waals surface area contributed by atoms with Crippen molar-refractivity contribution in [2.45, 2.75) is 37.8 Å². The second-order valence-electron chi connectivity index (χ2n) is 7.73. The zero-order valence-electron chi connectivity index (χ0n) is 17.0. The van der Waals surface area contributed by atoms with E-state index in [-0.39, 0.29) is 40.5 Å². The number of para-hydroxylation sites is 1. The van der Waals surface area contributed by atoms with Crippen LogP contribution in [0.4, 0.5) is 27.4 Å². The van der Waals surface area contributed by atoms with Gasteiger partial charge in [-0.15, -0.1) is 0 Å².